The average molecular weight is 317 g/mol. The van der Waals surface area contributed by atoms with Gasteiger partial charge >= 0.3 is 5.97 Å². The van der Waals surface area contributed by atoms with Gasteiger partial charge in [0.2, 0.25) is 10.0 Å². The Bertz CT molecular complexity index is 667. The Morgan fingerprint density at radius 1 is 1.43 bits per heavy atom. The zero-order chi connectivity index (χ0) is 15.8. The van der Waals surface area contributed by atoms with Crippen LogP contribution in [0.25, 0.3) is 0 Å². The van der Waals surface area contributed by atoms with Crippen LogP contribution in [0.15, 0.2) is 23.1 Å². The number of carboxylic acids is 1. The molecule has 2 N–H and O–H groups in total. The lowest BCUT2D eigenvalue weighted by atomic mass is 9.92. The second-order valence-corrected chi connectivity index (χ2v) is 7.13. The van der Waals surface area contributed by atoms with Gasteiger partial charge in [0.15, 0.2) is 0 Å². The van der Waals surface area contributed by atoms with E-state index in [1.165, 1.54) is 0 Å². The number of sulfonamides is 1. The molecule has 1 aliphatic heterocycles. The summed E-state index contributed by atoms with van der Waals surface area (Å²) in [6, 6.07) is 2.63. The highest BCUT2D eigenvalue weighted by Gasteiger charge is 2.46. The molecule has 0 amide bonds. The van der Waals surface area contributed by atoms with Crippen molar-refractivity contribution in [3.8, 4) is 0 Å². The fourth-order valence-electron chi connectivity index (χ4n) is 2.38. The Morgan fingerprint density at radius 3 is 2.57 bits per heavy atom. The number of hydrogen-bond donors (Lipinski definition) is 2. The van der Waals surface area contributed by atoms with E-state index in [0.717, 1.165) is 28.9 Å². The number of carboxylic acid groups (broad SMARTS) is 1. The molecule has 1 aromatic carbocycles. The number of β-amino-alcohol motifs (C(OH)–C–C–N with tert-alkyl or cyclic N) is 1. The molecule has 0 aromatic heterocycles. The van der Waals surface area contributed by atoms with Crippen molar-refractivity contribution in [2.75, 3.05) is 13.1 Å². The molecule has 1 fully saturated rings. The van der Waals surface area contributed by atoms with Crippen LogP contribution in [0.2, 0.25) is 0 Å². The summed E-state index contributed by atoms with van der Waals surface area (Å²) < 4.78 is 38.9. The third kappa shape index (κ3) is 2.92. The maximum Gasteiger partial charge on any atom is 0.338 e. The van der Waals surface area contributed by atoms with E-state index in [9.17, 15) is 22.7 Å². The summed E-state index contributed by atoms with van der Waals surface area (Å²) in [6.07, 6.45) is 1.22. The first kappa shape index (κ1) is 15.9. The molecule has 0 unspecified atom stereocenters. The molecule has 0 atom stereocenters. The van der Waals surface area contributed by atoms with Crippen molar-refractivity contribution in [2.24, 2.45) is 0 Å². The molecule has 0 saturated carbocycles. The highest BCUT2D eigenvalue weighted by molar-refractivity contribution is 7.89. The lowest BCUT2D eigenvalue weighted by Crippen LogP contribution is -2.63. The lowest BCUT2D eigenvalue weighted by Gasteiger charge is -2.45. The van der Waals surface area contributed by atoms with E-state index >= 15 is 0 Å². The van der Waals surface area contributed by atoms with Crippen molar-refractivity contribution in [3.05, 3.63) is 29.6 Å². The molecule has 0 aliphatic carbocycles. The maximum absolute atomic E-state index is 13.3. The van der Waals surface area contributed by atoms with Crippen molar-refractivity contribution in [3.63, 3.8) is 0 Å². The summed E-state index contributed by atoms with van der Waals surface area (Å²) in [4.78, 5) is 10.6. The number of carbonyl (C=O) groups is 1. The van der Waals surface area contributed by atoms with Gasteiger partial charge < -0.3 is 10.2 Å². The van der Waals surface area contributed by atoms with Crippen molar-refractivity contribution in [1.82, 2.24) is 4.31 Å². The number of hydrogen-bond acceptors (Lipinski definition) is 4. The Morgan fingerprint density at radius 2 is 2.05 bits per heavy atom. The van der Waals surface area contributed by atoms with Crippen LogP contribution in [0.1, 0.15) is 30.1 Å². The van der Waals surface area contributed by atoms with Gasteiger partial charge in [0.25, 0.3) is 0 Å². The first-order valence-electron chi connectivity index (χ1n) is 6.45. The van der Waals surface area contributed by atoms with Crippen LogP contribution in [0.5, 0.6) is 0 Å². The summed E-state index contributed by atoms with van der Waals surface area (Å²) in [5, 5.41) is 18.8. The Kier molecular flexibility index (Phi) is 4.05. The predicted octanol–water partition coefficient (Wildman–Crippen LogP) is 1.06. The molecular weight excluding hydrogens is 301 g/mol. The molecule has 1 aliphatic rings. The third-order valence-electron chi connectivity index (χ3n) is 3.46. The van der Waals surface area contributed by atoms with Crippen molar-refractivity contribution in [1.29, 1.82) is 0 Å². The van der Waals surface area contributed by atoms with Crippen LogP contribution < -0.4 is 0 Å². The quantitative estimate of drug-likeness (QED) is 0.847. The highest BCUT2D eigenvalue weighted by atomic mass is 32.2. The van der Waals surface area contributed by atoms with Gasteiger partial charge in [-0.15, -0.1) is 0 Å². The maximum atomic E-state index is 13.3. The number of aromatic carboxylic acids is 1. The van der Waals surface area contributed by atoms with Crippen molar-refractivity contribution in [2.45, 2.75) is 30.3 Å². The smallest absolute Gasteiger partial charge is 0.338 e. The van der Waals surface area contributed by atoms with Gasteiger partial charge in [0, 0.05) is 13.1 Å². The minimum atomic E-state index is -3.92. The summed E-state index contributed by atoms with van der Waals surface area (Å²) >= 11 is 0. The van der Waals surface area contributed by atoms with Crippen molar-refractivity contribution >= 4 is 16.0 Å². The first-order chi connectivity index (χ1) is 9.69. The summed E-state index contributed by atoms with van der Waals surface area (Å²) in [7, 11) is -3.92. The Labute approximate surface area is 121 Å². The molecule has 0 spiro atoms. The Hall–Kier alpha value is -1.51. The SMILES string of the molecule is CCCC1(O)CN(S(=O)(=O)c2ccc(F)c(C(=O)O)c2)C1. The van der Waals surface area contributed by atoms with Gasteiger partial charge in [-0.1, -0.05) is 13.3 Å². The largest absolute Gasteiger partial charge is 0.478 e. The van der Waals surface area contributed by atoms with E-state index in [2.05, 4.69) is 0 Å². The van der Waals surface area contributed by atoms with Crippen LogP contribution in [0, 0.1) is 5.82 Å². The summed E-state index contributed by atoms with van der Waals surface area (Å²) in [5.74, 6) is -2.52. The lowest BCUT2D eigenvalue weighted by molar-refractivity contribution is -0.0653. The number of halogens is 1. The average Bonchev–Trinajstić information content (AvgIpc) is 2.36. The van der Waals surface area contributed by atoms with E-state index in [1.54, 1.807) is 0 Å². The summed E-state index contributed by atoms with van der Waals surface area (Å²) in [5.41, 5.74) is -1.72. The molecule has 1 saturated heterocycles. The number of benzene rings is 1. The normalized spacial score (nSPS) is 18.2. The molecule has 2 rings (SSSR count). The molecule has 0 radical (unpaired) electrons. The molecule has 1 heterocycles. The fraction of sp³-hybridized carbons (Fsp3) is 0.462. The standard InChI is InChI=1S/C13H16FNO5S/c1-2-5-13(18)7-15(8-13)21(19,20)9-3-4-11(14)10(6-9)12(16)17/h3-4,6,18H,2,5,7-8H2,1H3,(H,16,17). The first-order valence-corrected chi connectivity index (χ1v) is 7.89. The van der Waals surface area contributed by atoms with Crippen LogP contribution in [-0.2, 0) is 10.0 Å². The zero-order valence-electron chi connectivity index (χ0n) is 11.4. The number of aliphatic hydroxyl groups is 1. The van der Waals surface area contributed by atoms with E-state index in [4.69, 9.17) is 5.11 Å². The van der Waals surface area contributed by atoms with Gasteiger partial charge in [0.1, 0.15) is 5.82 Å². The molecule has 21 heavy (non-hydrogen) atoms. The zero-order valence-corrected chi connectivity index (χ0v) is 12.2. The second kappa shape index (κ2) is 5.36. The topological polar surface area (TPSA) is 94.9 Å². The molecule has 8 heteroatoms. The van der Waals surface area contributed by atoms with Crippen LogP contribution in [0.3, 0.4) is 0 Å². The van der Waals surface area contributed by atoms with Crippen LogP contribution >= 0.6 is 0 Å². The van der Waals surface area contributed by atoms with Crippen molar-refractivity contribution < 1.29 is 27.8 Å². The molecule has 6 nitrogen and oxygen atoms in total. The molecular formula is C13H16FNO5S. The van der Waals surface area contributed by atoms with Gasteiger partial charge in [-0.25, -0.2) is 17.6 Å². The predicted molar refractivity (Wildman–Crippen MR) is 72.0 cm³/mol. The monoisotopic (exact) mass is 317 g/mol. The third-order valence-corrected chi connectivity index (χ3v) is 5.25. The molecule has 0 bridgehead atoms. The van der Waals surface area contributed by atoms with E-state index in [1.807, 2.05) is 6.92 Å². The van der Waals surface area contributed by atoms with Crippen LogP contribution in [0.4, 0.5) is 4.39 Å². The van der Waals surface area contributed by atoms with Gasteiger partial charge in [0.05, 0.1) is 16.1 Å². The van der Waals surface area contributed by atoms with E-state index < -0.39 is 33.0 Å². The second-order valence-electron chi connectivity index (χ2n) is 5.19. The highest BCUT2D eigenvalue weighted by Crippen LogP contribution is 2.31. The van der Waals surface area contributed by atoms with Gasteiger partial charge in [-0.3, -0.25) is 0 Å². The van der Waals surface area contributed by atoms with Gasteiger partial charge in [-0.05, 0) is 24.6 Å². The molecule has 1 aromatic rings. The minimum Gasteiger partial charge on any atom is -0.478 e. The number of nitrogens with zero attached hydrogens (tertiary/aromatic N) is 1. The van der Waals surface area contributed by atoms with E-state index in [0.29, 0.717) is 6.42 Å². The Balaban J connectivity index is 2.26. The van der Waals surface area contributed by atoms with Crippen LogP contribution in [-0.4, -0.2) is 47.6 Å². The van der Waals surface area contributed by atoms with E-state index in [-0.39, 0.29) is 18.0 Å². The number of rotatable bonds is 5. The van der Waals surface area contributed by atoms with Gasteiger partial charge in [-0.2, -0.15) is 4.31 Å². The minimum absolute atomic E-state index is 0.0387. The molecule has 116 valence electrons. The fourth-order valence-corrected chi connectivity index (χ4v) is 4.01. The summed E-state index contributed by atoms with van der Waals surface area (Å²) in [6.45, 7) is 1.81.